The molecule has 5 amide bonds. The van der Waals surface area contributed by atoms with Crippen molar-refractivity contribution in [2.45, 2.75) is 27.3 Å². The number of rotatable bonds is 5. The molecular weight excluding hydrogens is 424 g/mol. The van der Waals surface area contributed by atoms with Crippen LogP contribution in [0.4, 0.5) is 10.5 Å². The Morgan fingerprint density at radius 1 is 1.12 bits per heavy atom. The minimum Gasteiger partial charge on any atom is -0.467 e. The predicted octanol–water partition coefficient (Wildman–Crippen LogP) is 3.31. The van der Waals surface area contributed by atoms with E-state index in [2.05, 4.69) is 10.6 Å². The molecule has 1 aromatic carbocycles. The fourth-order valence-electron chi connectivity index (χ4n) is 3.78. The lowest BCUT2D eigenvalue weighted by Gasteiger charge is -2.25. The Kier molecular flexibility index (Phi) is 5.70. The number of nitrogens with zero attached hydrogens (tertiary/aromatic N) is 2. The molecule has 3 aromatic rings. The molecule has 2 N–H and O–H groups in total. The van der Waals surface area contributed by atoms with Gasteiger partial charge in [0.15, 0.2) is 0 Å². The number of furan rings is 1. The third-order valence-electron chi connectivity index (χ3n) is 5.30. The summed E-state index contributed by atoms with van der Waals surface area (Å²) in [7, 11) is 0. The zero-order valence-electron chi connectivity index (χ0n) is 18.3. The third-order valence-corrected chi connectivity index (χ3v) is 5.30. The fraction of sp³-hybridized carbons (Fsp3) is 0.167. The second kappa shape index (κ2) is 8.62. The van der Waals surface area contributed by atoms with Crippen molar-refractivity contribution in [2.75, 3.05) is 5.32 Å². The Balaban J connectivity index is 1.66. The molecular formula is C24H22N4O5. The van der Waals surface area contributed by atoms with Gasteiger partial charge in [-0.2, -0.15) is 0 Å². The molecule has 168 valence electrons. The molecule has 0 radical (unpaired) electrons. The van der Waals surface area contributed by atoms with Crippen molar-refractivity contribution in [3.63, 3.8) is 0 Å². The van der Waals surface area contributed by atoms with E-state index in [1.165, 1.54) is 19.3 Å². The summed E-state index contributed by atoms with van der Waals surface area (Å²) >= 11 is 0. The molecule has 0 unspecified atom stereocenters. The number of aromatic nitrogens is 1. The van der Waals surface area contributed by atoms with E-state index >= 15 is 0 Å². The molecule has 2 aromatic heterocycles. The van der Waals surface area contributed by atoms with E-state index in [1.807, 2.05) is 36.6 Å². The number of urea groups is 1. The smallest absolute Gasteiger partial charge is 0.331 e. The summed E-state index contributed by atoms with van der Waals surface area (Å²) in [6, 6.07) is 11.7. The van der Waals surface area contributed by atoms with Crippen LogP contribution in [-0.4, -0.2) is 33.2 Å². The number of nitrogens with one attached hydrogen (secondary N) is 2. The summed E-state index contributed by atoms with van der Waals surface area (Å²) in [6.07, 6.45) is 2.94. The minimum absolute atomic E-state index is 0.0814. The van der Waals surface area contributed by atoms with Gasteiger partial charge in [0.2, 0.25) is 5.91 Å². The molecule has 1 fully saturated rings. The number of carbonyl (C=O) groups excluding carboxylic acids is 4. The highest BCUT2D eigenvalue weighted by atomic mass is 16.3. The molecule has 9 heteroatoms. The van der Waals surface area contributed by atoms with Gasteiger partial charge in [0.25, 0.3) is 11.8 Å². The summed E-state index contributed by atoms with van der Waals surface area (Å²) in [5.74, 6) is -1.16. The Morgan fingerprint density at radius 2 is 1.85 bits per heavy atom. The van der Waals surface area contributed by atoms with E-state index in [0.717, 1.165) is 22.0 Å². The van der Waals surface area contributed by atoms with Gasteiger partial charge in [0.05, 0.1) is 12.8 Å². The van der Waals surface area contributed by atoms with Crippen molar-refractivity contribution in [1.82, 2.24) is 14.8 Å². The van der Waals surface area contributed by atoms with E-state index < -0.39 is 17.8 Å². The zero-order chi connectivity index (χ0) is 23.7. The molecule has 4 rings (SSSR count). The van der Waals surface area contributed by atoms with Gasteiger partial charge in [-0.15, -0.1) is 0 Å². The number of amides is 5. The number of benzene rings is 1. The number of barbiturate groups is 1. The highest BCUT2D eigenvalue weighted by Crippen LogP contribution is 2.25. The maximum absolute atomic E-state index is 13.0. The largest absolute Gasteiger partial charge is 0.467 e. The van der Waals surface area contributed by atoms with Gasteiger partial charge < -0.3 is 14.3 Å². The van der Waals surface area contributed by atoms with Crippen molar-refractivity contribution >= 4 is 35.5 Å². The topological polar surface area (TPSA) is 114 Å². The first-order chi connectivity index (χ1) is 15.7. The van der Waals surface area contributed by atoms with Crippen molar-refractivity contribution < 1.29 is 23.6 Å². The van der Waals surface area contributed by atoms with E-state index in [4.69, 9.17) is 4.42 Å². The van der Waals surface area contributed by atoms with Crippen LogP contribution in [0.15, 0.2) is 58.7 Å². The molecule has 1 saturated heterocycles. The first kappa shape index (κ1) is 21.8. The molecule has 33 heavy (non-hydrogen) atoms. The highest BCUT2D eigenvalue weighted by Gasteiger charge is 2.36. The van der Waals surface area contributed by atoms with Crippen LogP contribution in [0.2, 0.25) is 0 Å². The molecule has 9 nitrogen and oxygen atoms in total. The SMILES string of the molecule is CC(=O)Nc1ccc(-n2c(C)cc(C=C3C(=O)NC(=O)N(Cc4ccco4)C3=O)c2C)cc1. The van der Waals surface area contributed by atoms with Gasteiger partial charge in [-0.25, -0.2) is 4.79 Å². The standard InChI is InChI=1S/C24H22N4O5/c1-14-11-17(15(2)28(14)19-8-6-18(7-9-19)25-16(3)29)12-21-22(30)26-24(32)27(23(21)31)13-20-5-4-10-33-20/h4-12H,13H2,1-3H3,(H,25,29)(H,26,30,32). The highest BCUT2D eigenvalue weighted by molar-refractivity contribution is 6.31. The monoisotopic (exact) mass is 446 g/mol. The van der Waals surface area contributed by atoms with Crippen LogP contribution < -0.4 is 10.6 Å². The summed E-state index contributed by atoms with van der Waals surface area (Å²) in [5, 5.41) is 4.94. The van der Waals surface area contributed by atoms with Gasteiger partial charge in [-0.05, 0) is 68.0 Å². The van der Waals surface area contributed by atoms with Crippen LogP contribution in [0.25, 0.3) is 11.8 Å². The fourth-order valence-corrected chi connectivity index (χ4v) is 3.78. The first-order valence-corrected chi connectivity index (χ1v) is 10.2. The lowest BCUT2D eigenvalue weighted by atomic mass is 10.1. The average molecular weight is 446 g/mol. The Morgan fingerprint density at radius 3 is 2.48 bits per heavy atom. The number of hydrogen-bond donors (Lipinski definition) is 2. The van der Waals surface area contributed by atoms with Crippen LogP contribution in [0, 0.1) is 13.8 Å². The molecule has 0 bridgehead atoms. The van der Waals surface area contributed by atoms with Crippen molar-refractivity contribution in [3.8, 4) is 5.69 Å². The van der Waals surface area contributed by atoms with Crippen LogP contribution in [0.3, 0.4) is 0 Å². The summed E-state index contributed by atoms with van der Waals surface area (Å²) in [4.78, 5) is 49.8. The van der Waals surface area contributed by atoms with Gasteiger partial charge >= 0.3 is 6.03 Å². The molecule has 3 heterocycles. The number of anilines is 1. The Bertz CT molecular complexity index is 1280. The maximum Gasteiger partial charge on any atom is 0.331 e. The van der Waals surface area contributed by atoms with Gasteiger partial charge in [-0.1, -0.05) is 0 Å². The number of aryl methyl sites for hydroxylation is 1. The molecule has 1 aliphatic rings. The lowest BCUT2D eigenvalue weighted by molar-refractivity contribution is -0.130. The summed E-state index contributed by atoms with van der Waals surface area (Å²) < 4.78 is 7.20. The first-order valence-electron chi connectivity index (χ1n) is 10.2. The normalized spacial score (nSPS) is 15.2. The van der Waals surface area contributed by atoms with Crippen molar-refractivity contribution in [2.24, 2.45) is 0 Å². The molecule has 0 spiro atoms. The van der Waals surface area contributed by atoms with E-state index in [1.54, 1.807) is 24.3 Å². The minimum atomic E-state index is -0.789. The maximum atomic E-state index is 13.0. The number of imide groups is 2. The molecule has 1 aliphatic heterocycles. The average Bonchev–Trinajstić information content (AvgIpc) is 3.36. The number of carbonyl (C=O) groups is 4. The zero-order valence-corrected chi connectivity index (χ0v) is 18.3. The summed E-state index contributed by atoms with van der Waals surface area (Å²) in [5.41, 5.74) is 3.77. The predicted molar refractivity (Wildman–Crippen MR) is 120 cm³/mol. The quantitative estimate of drug-likeness (QED) is 0.461. The van der Waals surface area contributed by atoms with E-state index in [-0.39, 0.29) is 18.0 Å². The van der Waals surface area contributed by atoms with Gasteiger partial charge in [-0.3, -0.25) is 24.6 Å². The summed E-state index contributed by atoms with van der Waals surface area (Å²) in [6.45, 7) is 5.15. The van der Waals surface area contributed by atoms with Crippen LogP contribution >= 0.6 is 0 Å². The number of hydrogen-bond acceptors (Lipinski definition) is 5. The third kappa shape index (κ3) is 4.33. The van der Waals surface area contributed by atoms with Crippen LogP contribution in [-0.2, 0) is 20.9 Å². The van der Waals surface area contributed by atoms with Crippen molar-refractivity contribution in [3.05, 3.63) is 77.0 Å². The van der Waals surface area contributed by atoms with Gasteiger partial charge in [0, 0.05) is 29.7 Å². The molecule has 0 atom stereocenters. The lowest BCUT2D eigenvalue weighted by Crippen LogP contribution is -2.53. The second-order valence-corrected chi connectivity index (χ2v) is 7.68. The van der Waals surface area contributed by atoms with Crippen molar-refractivity contribution in [1.29, 1.82) is 0 Å². The molecule has 0 saturated carbocycles. The molecule has 0 aliphatic carbocycles. The van der Waals surface area contributed by atoms with E-state index in [9.17, 15) is 19.2 Å². The van der Waals surface area contributed by atoms with Crippen LogP contribution in [0.1, 0.15) is 29.6 Å². The van der Waals surface area contributed by atoms with E-state index in [0.29, 0.717) is 17.0 Å². The second-order valence-electron chi connectivity index (χ2n) is 7.68. The van der Waals surface area contributed by atoms with Gasteiger partial charge in [0.1, 0.15) is 11.3 Å². The van der Waals surface area contributed by atoms with Crippen LogP contribution in [0.5, 0.6) is 0 Å². The Labute approximate surface area is 189 Å². The Hall–Kier alpha value is -4.40.